The molecule has 0 saturated heterocycles. The smallest absolute Gasteiger partial charge is 0.280 e. The molecule has 0 aromatic heterocycles. The highest BCUT2D eigenvalue weighted by Crippen LogP contribution is 2.34. The van der Waals surface area contributed by atoms with Crippen molar-refractivity contribution in [2.75, 3.05) is 5.75 Å². The quantitative estimate of drug-likeness (QED) is 0.597. The molecular formula is C13H17N3OS. The van der Waals surface area contributed by atoms with Crippen LogP contribution in [-0.4, -0.2) is 17.6 Å². The lowest BCUT2D eigenvalue weighted by Gasteiger charge is -2.22. The van der Waals surface area contributed by atoms with Gasteiger partial charge in [-0.25, -0.2) is 0 Å². The van der Waals surface area contributed by atoms with Gasteiger partial charge in [-0.2, -0.15) is 4.99 Å². The molecule has 1 aliphatic rings. The number of aliphatic imine (C=N–C) groups is 1. The maximum atomic E-state index is 11.9. The van der Waals surface area contributed by atoms with Crippen molar-refractivity contribution in [3.05, 3.63) is 28.8 Å². The molecule has 4 N–H and O–H groups in total. The molecule has 18 heavy (non-hydrogen) atoms. The summed E-state index contributed by atoms with van der Waals surface area (Å²) in [5, 5.41) is 0. The fourth-order valence-electron chi connectivity index (χ4n) is 2.12. The summed E-state index contributed by atoms with van der Waals surface area (Å²) < 4.78 is 0. The van der Waals surface area contributed by atoms with E-state index < -0.39 is 0 Å². The summed E-state index contributed by atoms with van der Waals surface area (Å²) in [6.07, 6.45) is 1.07. The molecule has 1 amide bonds. The number of hydrogen-bond acceptors (Lipinski definition) is 2. The van der Waals surface area contributed by atoms with Gasteiger partial charge in [-0.1, -0.05) is 13.0 Å². The number of nitrogens with two attached hydrogens (primary N) is 2. The molecule has 1 aromatic rings. The number of nitrogens with zero attached hydrogens (tertiary/aromatic N) is 1. The lowest BCUT2D eigenvalue weighted by atomic mass is 9.97. The number of carbonyl (C=O) groups is 1. The van der Waals surface area contributed by atoms with Crippen molar-refractivity contribution < 1.29 is 4.79 Å². The van der Waals surface area contributed by atoms with Crippen LogP contribution in [0.1, 0.15) is 28.4 Å². The van der Waals surface area contributed by atoms with Crippen LogP contribution in [-0.2, 0) is 6.42 Å². The molecule has 2 rings (SSSR count). The van der Waals surface area contributed by atoms with Gasteiger partial charge < -0.3 is 11.5 Å². The second-order valence-corrected chi connectivity index (χ2v) is 5.80. The number of benzene rings is 1. The van der Waals surface area contributed by atoms with Crippen molar-refractivity contribution >= 4 is 23.6 Å². The van der Waals surface area contributed by atoms with Gasteiger partial charge in [-0.15, -0.1) is 11.8 Å². The van der Waals surface area contributed by atoms with E-state index in [0.29, 0.717) is 11.5 Å². The molecule has 0 bridgehead atoms. The summed E-state index contributed by atoms with van der Waals surface area (Å²) in [5.41, 5.74) is 13.3. The molecule has 0 fully saturated rings. The summed E-state index contributed by atoms with van der Waals surface area (Å²) in [6, 6.07) is 3.99. The molecule has 0 spiro atoms. The Hall–Kier alpha value is -1.49. The summed E-state index contributed by atoms with van der Waals surface area (Å²) in [6.45, 7) is 4.16. The monoisotopic (exact) mass is 263 g/mol. The normalized spacial score (nSPS) is 18.0. The van der Waals surface area contributed by atoms with Gasteiger partial charge in [0.25, 0.3) is 5.91 Å². The maximum Gasteiger partial charge on any atom is 0.280 e. The minimum Gasteiger partial charge on any atom is -0.370 e. The molecule has 1 unspecified atom stereocenters. The molecule has 0 radical (unpaired) electrons. The van der Waals surface area contributed by atoms with Crippen LogP contribution in [0.25, 0.3) is 0 Å². The van der Waals surface area contributed by atoms with Crippen LogP contribution >= 0.6 is 11.8 Å². The zero-order valence-electron chi connectivity index (χ0n) is 10.6. The molecule has 1 aromatic carbocycles. The van der Waals surface area contributed by atoms with Crippen LogP contribution in [0.2, 0.25) is 0 Å². The summed E-state index contributed by atoms with van der Waals surface area (Å²) >= 11 is 1.79. The summed E-state index contributed by atoms with van der Waals surface area (Å²) in [4.78, 5) is 16.6. The Morgan fingerprint density at radius 2 is 2.17 bits per heavy atom. The van der Waals surface area contributed by atoms with E-state index in [9.17, 15) is 4.79 Å². The van der Waals surface area contributed by atoms with Crippen molar-refractivity contribution in [2.45, 2.75) is 25.2 Å². The van der Waals surface area contributed by atoms with Gasteiger partial charge in [-0.3, -0.25) is 4.79 Å². The third-order valence-electron chi connectivity index (χ3n) is 2.96. The fraction of sp³-hybridized carbons (Fsp3) is 0.385. The van der Waals surface area contributed by atoms with Gasteiger partial charge >= 0.3 is 0 Å². The third kappa shape index (κ3) is 2.67. The Morgan fingerprint density at radius 3 is 2.83 bits per heavy atom. The second kappa shape index (κ2) is 5.02. The van der Waals surface area contributed by atoms with E-state index in [4.69, 9.17) is 11.5 Å². The zero-order chi connectivity index (χ0) is 13.3. The third-order valence-corrected chi connectivity index (χ3v) is 4.39. The van der Waals surface area contributed by atoms with Gasteiger partial charge in [0.2, 0.25) is 0 Å². The SMILES string of the molecule is Cc1cc2c(cc1C(=O)N=C(N)N)SCC(C)C2. The molecular weight excluding hydrogens is 246 g/mol. The largest absolute Gasteiger partial charge is 0.370 e. The van der Waals surface area contributed by atoms with Crippen molar-refractivity contribution in [1.82, 2.24) is 0 Å². The molecule has 4 nitrogen and oxygen atoms in total. The van der Waals surface area contributed by atoms with Crippen LogP contribution < -0.4 is 11.5 Å². The van der Waals surface area contributed by atoms with E-state index in [0.717, 1.165) is 17.7 Å². The fourth-order valence-corrected chi connectivity index (χ4v) is 3.23. The number of rotatable bonds is 1. The number of amides is 1. The predicted molar refractivity (Wildman–Crippen MR) is 74.9 cm³/mol. The van der Waals surface area contributed by atoms with Gasteiger partial charge in [0.15, 0.2) is 5.96 Å². The average Bonchev–Trinajstić information content (AvgIpc) is 2.26. The number of carbonyl (C=O) groups excluding carboxylic acids is 1. The topological polar surface area (TPSA) is 81.5 Å². The van der Waals surface area contributed by atoms with E-state index in [2.05, 4.69) is 18.0 Å². The number of hydrogen-bond donors (Lipinski definition) is 2. The molecule has 1 heterocycles. The molecule has 0 aliphatic carbocycles. The van der Waals surface area contributed by atoms with Crippen LogP contribution in [0.3, 0.4) is 0 Å². The van der Waals surface area contributed by atoms with Gasteiger partial charge in [-0.05, 0) is 36.5 Å². The average molecular weight is 263 g/mol. The lowest BCUT2D eigenvalue weighted by Crippen LogP contribution is -2.24. The highest BCUT2D eigenvalue weighted by Gasteiger charge is 2.19. The van der Waals surface area contributed by atoms with E-state index in [1.165, 1.54) is 10.5 Å². The molecule has 1 aliphatic heterocycles. The van der Waals surface area contributed by atoms with Crippen molar-refractivity contribution in [2.24, 2.45) is 22.4 Å². The zero-order valence-corrected chi connectivity index (χ0v) is 11.4. The van der Waals surface area contributed by atoms with Crippen LogP contribution in [0.15, 0.2) is 22.0 Å². The number of aryl methyl sites for hydroxylation is 1. The Labute approximate surface area is 111 Å². The standard InChI is InChI=1S/C13H17N3OS/c1-7-3-9-4-8(2)10(5-11(9)18-6-7)12(17)16-13(14)15/h4-5,7H,3,6H2,1-2H3,(H4,14,15,16,17). The van der Waals surface area contributed by atoms with Gasteiger partial charge in [0.1, 0.15) is 0 Å². The Bertz CT molecular complexity index is 521. The summed E-state index contributed by atoms with van der Waals surface area (Å²) in [5.74, 6) is 1.21. The van der Waals surface area contributed by atoms with Crippen molar-refractivity contribution in [1.29, 1.82) is 0 Å². The van der Waals surface area contributed by atoms with Gasteiger partial charge in [0.05, 0.1) is 0 Å². The van der Waals surface area contributed by atoms with Crippen molar-refractivity contribution in [3.8, 4) is 0 Å². The first-order valence-corrected chi connectivity index (χ1v) is 6.86. The molecule has 5 heteroatoms. The van der Waals surface area contributed by atoms with E-state index >= 15 is 0 Å². The van der Waals surface area contributed by atoms with Crippen LogP contribution in [0.4, 0.5) is 0 Å². The maximum absolute atomic E-state index is 11.9. The Kier molecular flexibility index (Phi) is 3.61. The Morgan fingerprint density at radius 1 is 1.44 bits per heavy atom. The molecule has 1 atom stereocenters. The lowest BCUT2D eigenvalue weighted by molar-refractivity contribution is 0.100. The molecule has 96 valence electrons. The van der Waals surface area contributed by atoms with Crippen LogP contribution in [0.5, 0.6) is 0 Å². The highest BCUT2D eigenvalue weighted by molar-refractivity contribution is 7.99. The molecule has 0 saturated carbocycles. The Balaban J connectivity index is 2.40. The first kappa shape index (κ1) is 13.0. The minimum atomic E-state index is -0.366. The van der Waals surface area contributed by atoms with Crippen molar-refractivity contribution in [3.63, 3.8) is 0 Å². The van der Waals surface area contributed by atoms with E-state index in [1.54, 1.807) is 11.8 Å². The summed E-state index contributed by atoms with van der Waals surface area (Å²) in [7, 11) is 0. The number of thioether (sulfide) groups is 1. The highest BCUT2D eigenvalue weighted by atomic mass is 32.2. The van der Waals surface area contributed by atoms with E-state index in [-0.39, 0.29) is 11.9 Å². The van der Waals surface area contributed by atoms with Crippen LogP contribution in [0, 0.1) is 12.8 Å². The first-order valence-electron chi connectivity index (χ1n) is 5.87. The number of fused-ring (bicyclic) bond motifs is 1. The van der Waals surface area contributed by atoms with Gasteiger partial charge in [0, 0.05) is 16.2 Å². The van der Waals surface area contributed by atoms with E-state index in [1.807, 2.05) is 13.0 Å². The first-order chi connectivity index (χ1) is 8.47. The predicted octanol–water partition coefficient (Wildman–Crippen LogP) is 1.69. The number of guanidine groups is 1. The minimum absolute atomic E-state index is 0.196. The second-order valence-electron chi connectivity index (χ2n) is 4.74.